The zero-order valence-electron chi connectivity index (χ0n) is 21.8. The molecule has 1 spiro atoms. The summed E-state index contributed by atoms with van der Waals surface area (Å²) >= 11 is 0. The Kier molecular flexibility index (Phi) is 4.89. The first kappa shape index (κ1) is 23.7. The summed E-state index contributed by atoms with van der Waals surface area (Å²) in [7, 11) is 0. The van der Waals surface area contributed by atoms with Gasteiger partial charge in [-0.25, -0.2) is 4.79 Å². The second-order valence-electron chi connectivity index (χ2n) is 11.5. The van der Waals surface area contributed by atoms with Crippen LogP contribution < -0.4 is 10.3 Å². The number of aromatic hydroxyl groups is 1. The lowest BCUT2D eigenvalue weighted by molar-refractivity contribution is -0.156. The van der Waals surface area contributed by atoms with Crippen LogP contribution in [-0.4, -0.2) is 67.0 Å². The maximum absolute atomic E-state index is 13.5. The molecule has 7 rings (SSSR count). The van der Waals surface area contributed by atoms with Crippen LogP contribution in [0.15, 0.2) is 23.1 Å². The van der Waals surface area contributed by atoms with E-state index in [9.17, 15) is 19.8 Å². The van der Waals surface area contributed by atoms with Gasteiger partial charge >= 0.3 is 5.97 Å². The molecule has 4 heterocycles. The van der Waals surface area contributed by atoms with Crippen LogP contribution in [0.1, 0.15) is 72.0 Å². The Hall–Kier alpha value is -3.37. The number of nitrogens with one attached hydrogen (secondary N) is 1. The number of piperidine rings is 1. The van der Waals surface area contributed by atoms with Gasteiger partial charge in [0, 0.05) is 23.7 Å². The quantitative estimate of drug-likeness (QED) is 0.438. The molecule has 2 fully saturated rings. The number of carbonyl (C=O) groups is 1. The van der Waals surface area contributed by atoms with E-state index in [1.165, 1.54) is 19.0 Å². The minimum Gasteiger partial charge on any atom is -0.504 e. The molecule has 1 saturated heterocycles. The number of aromatic nitrogens is 3. The van der Waals surface area contributed by atoms with Crippen LogP contribution in [0.4, 0.5) is 0 Å². The third-order valence-corrected chi connectivity index (χ3v) is 9.44. The standard InChI is InChI=1S/C28H32N4O6/c1-4-37-26(35)17-12-29-32-24(17)30-21(14(2)25(32)34)23-28-9-10-31(13-15-5-6-15)19(27(28,3)36)11-16-7-8-18(33)22(38-23)20(16)28/h7-8,12,15,19,23,30,33,36H,4-6,9-11,13H2,1-3H3/t19-,23+,27-,28+/m1/s1. The van der Waals surface area contributed by atoms with Gasteiger partial charge in [-0.05, 0) is 70.5 Å². The lowest BCUT2D eigenvalue weighted by Crippen LogP contribution is -2.71. The topological polar surface area (TPSA) is 129 Å². The van der Waals surface area contributed by atoms with Gasteiger partial charge in [-0.1, -0.05) is 6.07 Å². The molecule has 10 heteroatoms. The van der Waals surface area contributed by atoms with Crippen LogP contribution in [0.25, 0.3) is 5.65 Å². The van der Waals surface area contributed by atoms with Gasteiger partial charge in [0.25, 0.3) is 5.56 Å². The molecule has 2 aliphatic heterocycles. The highest BCUT2D eigenvalue weighted by Crippen LogP contribution is 2.65. The minimum atomic E-state index is -1.21. The summed E-state index contributed by atoms with van der Waals surface area (Å²) in [6, 6.07) is 3.46. The van der Waals surface area contributed by atoms with Crippen molar-refractivity contribution in [1.29, 1.82) is 0 Å². The highest BCUT2D eigenvalue weighted by atomic mass is 16.5. The second-order valence-corrected chi connectivity index (χ2v) is 11.5. The fourth-order valence-electron chi connectivity index (χ4n) is 7.33. The average Bonchev–Trinajstić information content (AvgIpc) is 3.47. The normalized spacial score (nSPS) is 29.8. The molecule has 4 atom stereocenters. The number of hydrogen-bond donors (Lipinski definition) is 3. The summed E-state index contributed by atoms with van der Waals surface area (Å²) in [5.41, 5.74) is 0.578. The van der Waals surface area contributed by atoms with Crippen molar-refractivity contribution < 1.29 is 24.5 Å². The third-order valence-electron chi connectivity index (χ3n) is 9.44. The molecule has 3 aromatic rings. The Morgan fingerprint density at radius 2 is 2.13 bits per heavy atom. The summed E-state index contributed by atoms with van der Waals surface area (Å²) in [4.78, 5) is 31.8. The number of H-pyrrole nitrogens is 1. The molecule has 1 saturated carbocycles. The summed E-state index contributed by atoms with van der Waals surface area (Å²) in [6.45, 7) is 7.21. The van der Waals surface area contributed by atoms with Crippen molar-refractivity contribution in [3.8, 4) is 11.5 Å². The zero-order chi connectivity index (χ0) is 26.6. The Morgan fingerprint density at radius 3 is 2.87 bits per heavy atom. The van der Waals surface area contributed by atoms with E-state index < -0.39 is 23.1 Å². The summed E-state index contributed by atoms with van der Waals surface area (Å²) in [5.74, 6) is 0.468. The molecule has 4 aliphatic rings. The molecule has 38 heavy (non-hydrogen) atoms. The van der Waals surface area contributed by atoms with E-state index in [2.05, 4.69) is 15.0 Å². The number of aliphatic hydroxyl groups is 1. The van der Waals surface area contributed by atoms with E-state index in [-0.39, 0.29) is 35.2 Å². The molecule has 200 valence electrons. The predicted octanol–water partition coefficient (Wildman–Crippen LogP) is 2.38. The molecule has 3 N–H and O–H groups in total. The molecule has 0 radical (unpaired) electrons. The number of ether oxygens (including phenoxy) is 2. The first-order chi connectivity index (χ1) is 18.2. The molecule has 10 nitrogen and oxygen atoms in total. The Bertz CT molecular complexity index is 1550. The number of phenolic OH excluding ortho intramolecular Hbond substituents is 1. The number of hydrogen-bond acceptors (Lipinski definition) is 8. The van der Waals surface area contributed by atoms with Crippen LogP contribution in [0.2, 0.25) is 0 Å². The van der Waals surface area contributed by atoms with E-state index in [0.29, 0.717) is 35.8 Å². The Balaban J connectivity index is 1.44. The molecular formula is C28H32N4O6. The summed E-state index contributed by atoms with van der Waals surface area (Å²) in [5, 5.41) is 27.5. The molecule has 1 aromatic carbocycles. The van der Waals surface area contributed by atoms with Gasteiger partial charge in [0.15, 0.2) is 23.3 Å². The maximum atomic E-state index is 13.5. The van der Waals surface area contributed by atoms with Crippen LogP contribution in [0.3, 0.4) is 0 Å². The minimum absolute atomic E-state index is 0.0120. The van der Waals surface area contributed by atoms with Crippen molar-refractivity contribution in [1.82, 2.24) is 19.5 Å². The molecule has 2 aliphatic carbocycles. The smallest absolute Gasteiger partial charge is 0.343 e. The van der Waals surface area contributed by atoms with E-state index in [4.69, 9.17) is 9.47 Å². The zero-order valence-corrected chi connectivity index (χ0v) is 21.8. The van der Waals surface area contributed by atoms with Crippen molar-refractivity contribution in [2.24, 2.45) is 5.92 Å². The van der Waals surface area contributed by atoms with E-state index in [1.54, 1.807) is 19.9 Å². The number of nitrogens with zero attached hydrogens (tertiary/aromatic N) is 3. The highest BCUT2D eigenvalue weighted by Gasteiger charge is 2.69. The molecular weight excluding hydrogens is 488 g/mol. The van der Waals surface area contributed by atoms with Gasteiger partial charge in [-0.3, -0.25) is 9.69 Å². The molecule has 0 unspecified atom stereocenters. The highest BCUT2D eigenvalue weighted by molar-refractivity contribution is 5.95. The number of fused-ring (bicyclic) bond motifs is 2. The van der Waals surface area contributed by atoms with E-state index >= 15 is 0 Å². The number of rotatable bonds is 5. The van der Waals surface area contributed by atoms with Gasteiger partial charge in [-0.2, -0.15) is 9.61 Å². The maximum Gasteiger partial charge on any atom is 0.343 e. The third kappa shape index (κ3) is 2.93. The van der Waals surface area contributed by atoms with Gasteiger partial charge in [0.2, 0.25) is 0 Å². The van der Waals surface area contributed by atoms with Crippen molar-refractivity contribution in [2.45, 2.75) is 69.6 Å². The number of carbonyl (C=O) groups excluding carboxylic acids is 1. The number of benzene rings is 1. The van der Waals surface area contributed by atoms with Crippen LogP contribution >= 0.6 is 0 Å². The van der Waals surface area contributed by atoms with Crippen molar-refractivity contribution >= 4 is 11.6 Å². The Morgan fingerprint density at radius 1 is 1.34 bits per heavy atom. The van der Waals surface area contributed by atoms with Gasteiger partial charge in [0.05, 0.1) is 29.5 Å². The summed E-state index contributed by atoms with van der Waals surface area (Å²) in [6.07, 6.45) is 4.24. The van der Waals surface area contributed by atoms with Gasteiger partial charge in [0.1, 0.15) is 5.56 Å². The fraction of sp³-hybridized carbons (Fsp3) is 0.536. The average molecular weight is 521 g/mol. The number of esters is 1. The second kappa shape index (κ2) is 7.83. The van der Waals surface area contributed by atoms with Crippen molar-refractivity contribution in [2.75, 3.05) is 19.7 Å². The number of phenols is 1. The molecule has 2 aromatic heterocycles. The van der Waals surface area contributed by atoms with Crippen molar-refractivity contribution in [3.63, 3.8) is 0 Å². The monoisotopic (exact) mass is 520 g/mol. The first-order valence-corrected chi connectivity index (χ1v) is 13.4. The lowest BCUT2D eigenvalue weighted by atomic mass is 9.53. The van der Waals surface area contributed by atoms with E-state index in [1.807, 2.05) is 13.0 Å². The largest absolute Gasteiger partial charge is 0.504 e. The van der Waals surface area contributed by atoms with E-state index in [0.717, 1.165) is 28.7 Å². The first-order valence-electron chi connectivity index (χ1n) is 13.4. The van der Waals surface area contributed by atoms with Crippen LogP contribution in [-0.2, 0) is 16.6 Å². The predicted molar refractivity (Wildman–Crippen MR) is 137 cm³/mol. The van der Waals surface area contributed by atoms with Crippen LogP contribution in [0.5, 0.6) is 11.5 Å². The van der Waals surface area contributed by atoms with Gasteiger partial charge < -0.3 is 24.7 Å². The number of likely N-dealkylation sites (tertiary alicyclic amines) is 1. The molecule has 0 amide bonds. The number of aromatic amines is 1. The SMILES string of the molecule is CCOC(=O)c1cnn2c(=O)c(C)c([C@@H]3Oc4c(O)ccc5c4[C@@]34CCN(CC3CC3)[C@H](C5)[C@@]4(C)O)[nH]c12. The lowest BCUT2D eigenvalue weighted by Gasteiger charge is -2.60. The van der Waals surface area contributed by atoms with Crippen LogP contribution in [0, 0.1) is 12.8 Å². The fourth-order valence-corrected chi connectivity index (χ4v) is 7.33. The molecule has 2 bridgehead atoms. The Labute approximate surface area is 219 Å². The van der Waals surface area contributed by atoms with Crippen molar-refractivity contribution in [3.05, 3.63) is 56.6 Å². The van der Waals surface area contributed by atoms with Gasteiger partial charge in [-0.15, -0.1) is 0 Å². The summed E-state index contributed by atoms with van der Waals surface area (Å²) < 4.78 is 12.9.